The van der Waals surface area contributed by atoms with Crippen LogP contribution < -0.4 is 21.7 Å². The lowest BCUT2D eigenvalue weighted by Crippen LogP contribution is -2.42. The van der Waals surface area contributed by atoms with E-state index in [1.54, 1.807) is 36.4 Å². The fourth-order valence-corrected chi connectivity index (χ4v) is 19.4. The fraction of sp³-hybridized carbons (Fsp3) is 0.783. The van der Waals surface area contributed by atoms with Gasteiger partial charge in [0.25, 0.3) is 0 Å². The van der Waals surface area contributed by atoms with Crippen LogP contribution in [0.4, 0.5) is 0 Å². The molecule has 0 unspecified atom stereocenters. The molecule has 0 amide bonds. The normalized spacial score (nSPS) is 14.3. The molecule has 0 aromatic heterocycles. The van der Waals surface area contributed by atoms with Crippen molar-refractivity contribution >= 4 is 68.8 Å². The van der Waals surface area contributed by atoms with E-state index in [1.807, 2.05) is 68.4 Å². The van der Waals surface area contributed by atoms with E-state index in [-0.39, 0.29) is 101 Å². The third kappa shape index (κ3) is 75.2. The highest BCUT2D eigenvalue weighted by atomic mass is 28.4. The minimum atomic E-state index is -1.79. The number of carboxylic acids is 1. The molecule has 0 radical (unpaired) electrons. The number of allylic oxidation sites excluding steroid dienone is 1. The van der Waals surface area contributed by atoms with Crippen LogP contribution in [0.2, 0.25) is 72.5 Å². The Morgan fingerprint density at radius 1 is 0.356 bits per heavy atom. The van der Waals surface area contributed by atoms with Gasteiger partial charge in [0.15, 0.2) is 50.6 Å². The average Bonchev–Trinajstić information content (AvgIpc) is 0.844. The molecular weight excluding hydrogens is 1900 g/mol. The van der Waals surface area contributed by atoms with Gasteiger partial charge in [-0.1, -0.05) is 446 Å². The number of Topliss-reactive ketones (excluding diaryl/α,β-unsaturated/α-hetero) is 3. The van der Waals surface area contributed by atoms with Crippen LogP contribution >= 0.6 is 0 Å². The lowest BCUT2D eigenvalue weighted by atomic mass is 9.93. The minimum Gasteiger partial charge on any atom is -0.480 e. The predicted octanol–water partition coefficient (Wildman–Crippen LogP) is 28.2. The van der Waals surface area contributed by atoms with E-state index in [2.05, 4.69) is 189 Å². The Bertz CT molecular complexity index is 3580. The van der Waals surface area contributed by atoms with Gasteiger partial charge < -0.3 is 79.3 Å². The molecule has 26 heteroatoms. The van der Waals surface area contributed by atoms with Gasteiger partial charge in [0.2, 0.25) is 0 Å². The van der Waals surface area contributed by atoms with Gasteiger partial charge in [0.1, 0.15) is 18.4 Å². The topological polar surface area (TPSA) is 352 Å². The molecule has 3 aromatic rings. The Kier molecular flexibility index (Phi) is 86.3. The van der Waals surface area contributed by atoms with Crippen molar-refractivity contribution in [1.29, 1.82) is 0 Å². The number of hydrogen-bond donors (Lipinski definition) is 11. The maximum Gasteiger partial charge on any atom is 0.322 e. The number of carbonyl (C=O) groups excluding carboxylic acids is 5. The Balaban J connectivity index is -0.00000174. The number of hydrogen-bond acceptors (Lipinski definition) is 21. The number of methoxy groups -OCH3 is 1. The van der Waals surface area contributed by atoms with E-state index >= 15 is 0 Å². The number of rotatable bonds is 79. The largest absolute Gasteiger partial charge is 0.480 e. The van der Waals surface area contributed by atoms with Crippen LogP contribution in [-0.4, -0.2) is 220 Å². The Morgan fingerprint density at radius 3 is 0.863 bits per heavy atom. The number of unbranched alkanes of at least 4 members (excludes halogenated alkanes) is 34. The zero-order valence-electron chi connectivity index (χ0n) is 98.0. The van der Waals surface area contributed by atoms with E-state index in [1.165, 1.54) is 225 Å². The first-order valence-electron chi connectivity index (χ1n) is 57.4. The highest BCUT2D eigenvalue weighted by molar-refractivity contribution is 6.75. The summed E-state index contributed by atoms with van der Waals surface area (Å²) in [7, 11) is -5.74. The Labute approximate surface area is 897 Å². The second-order valence-electron chi connectivity index (χ2n) is 47.0. The van der Waals surface area contributed by atoms with Crippen molar-refractivity contribution in [2.24, 2.45) is 17.6 Å². The third-order valence-electron chi connectivity index (χ3n) is 30.0. The highest BCUT2D eigenvalue weighted by Crippen LogP contribution is 2.40. The molecule has 0 saturated carbocycles. The summed E-state index contributed by atoms with van der Waals surface area (Å²) in [5.41, 5.74) is 6.97. The smallest absolute Gasteiger partial charge is 0.322 e. The summed E-state index contributed by atoms with van der Waals surface area (Å²) in [6, 6.07) is 25.7. The molecule has 0 aliphatic rings. The van der Waals surface area contributed by atoms with Crippen molar-refractivity contribution in [3.8, 4) is 0 Å². The number of carboxylic acid groups (broad SMARTS) is 1. The number of ether oxygens (including phenoxy) is 1. The molecule has 850 valence electrons. The van der Waals surface area contributed by atoms with E-state index in [0.29, 0.717) is 56.8 Å². The van der Waals surface area contributed by atoms with Crippen LogP contribution in [0.25, 0.3) is 0 Å². The lowest BCUT2D eigenvalue weighted by molar-refractivity contribution is -0.143. The van der Waals surface area contributed by atoms with Gasteiger partial charge >= 0.3 is 11.9 Å². The number of ketones is 3. The van der Waals surface area contributed by atoms with E-state index in [0.717, 1.165) is 57.0 Å². The summed E-state index contributed by atoms with van der Waals surface area (Å²) in [4.78, 5) is 68.8. The molecule has 3 rings (SSSR count). The number of nitrogens with one attached hydrogen (secondary N) is 3. The van der Waals surface area contributed by atoms with Crippen molar-refractivity contribution in [2.45, 2.75) is 528 Å². The van der Waals surface area contributed by atoms with Crippen LogP contribution in [0.3, 0.4) is 0 Å². The number of nitrogens with two attached hydrogens (primary N) is 1. The van der Waals surface area contributed by atoms with E-state index in [9.17, 15) is 49.2 Å². The minimum absolute atomic E-state index is 0.0113. The SMILES string of the molecule is CC(C)(C)[Si](C)(C)OCC[C@H](C=O)NCC(=O)c1ccccc1.CCCCCCCCCCCCCC/C=C/[C@H](CCO[Si](C)(C)C(C)(C)C)NCC(=O)c1ccccc1.CCCCCCCCCCCCCC[C@@H](O)[C@H](O)[C@@H](C)CCO[Si](C)(C)C(C)(C)C.CCCCCCCCCCCCCC[C@H](O)[C@@H](O)[C@@H](C)CCO[Si](C)(C)C(C)(C)C.COC(=O)[C@@H](CCO)NCC(=O)c1ccccc1.N[C@@H](CCO)C(=O)O. The summed E-state index contributed by atoms with van der Waals surface area (Å²) < 4.78 is 29.5. The maximum absolute atomic E-state index is 12.6. The summed E-state index contributed by atoms with van der Waals surface area (Å²) in [6.45, 7) is 58.7. The number of esters is 1. The molecule has 0 saturated heterocycles. The van der Waals surface area contributed by atoms with Crippen molar-refractivity contribution in [1.82, 2.24) is 16.0 Å². The average molecular weight is 2130 g/mol. The summed E-state index contributed by atoms with van der Waals surface area (Å²) >= 11 is 0. The van der Waals surface area contributed by atoms with Gasteiger partial charge in [0.05, 0.1) is 57.2 Å². The first-order chi connectivity index (χ1) is 68.8. The van der Waals surface area contributed by atoms with Crippen molar-refractivity contribution < 1.29 is 87.0 Å². The Hall–Kier alpha value is -4.67. The maximum atomic E-state index is 12.6. The fourth-order valence-electron chi connectivity index (χ4n) is 15.1. The summed E-state index contributed by atoms with van der Waals surface area (Å²) in [5.74, 6) is -1.39. The van der Waals surface area contributed by atoms with E-state index in [4.69, 9.17) is 38.8 Å². The zero-order chi connectivity index (χ0) is 111. The van der Waals surface area contributed by atoms with Crippen LogP contribution in [0.15, 0.2) is 103 Å². The molecule has 0 aliphatic carbocycles. The zero-order valence-corrected chi connectivity index (χ0v) is 102. The van der Waals surface area contributed by atoms with Crippen molar-refractivity contribution in [3.05, 3.63) is 120 Å². The van der Waals surface area contributed by atoms with Crippen LogP contribution in [0, 0.1) is 11.8 Å². The number of benzene rings is 3. The van der Waals surface area contributed by atoms with Gasteiger partial charge in [-0.2, -0.15) is 0 Å². The first kappa shape index (κ1) is 145. The second-order valence-corrected chi connectivity index (χ2v) is 66.3. The Morgan fingerprint density at radius 2 is 0.610 bits per heavy atom. The third-order valence-corrected chi connectivity index (χ3v) is 48.2. The van der Waals surface area contributed by atoms with Crippen molar-refractivity contribution in [2.75, 3.05) is 66.4 Å². The van der Waals surface area contributed by atoms with Gasteiger partial charge in [-0.3, -0.25) is 29.3 Å². The molecular formula is C120H226N4O18Si4. The number of aliphatic hydroxyl groups is 6. The second kappa shape index (κ2) is 86.6. The molecule has 12 N–H and O–H groups in total. The number of aldehydes is 1. The molecule has 3 aromatic carbocycles. The van der Waals surface area contributed by atoms with Gasteiger partial charge in [-0.25, -0.2) is 0 Å². The molecule has 22 nitrogen and oxygen atoms in total. The molecule has 0 fully saturated rings. The number of carbonyl (C=O) groups is 6. The highest BCUT2D eigenvalue weighted by Gasteiger charge is 2.41. The van der Waals surface area contributed by atoms with Crippen LogP contribution in [-0.2, 0) is 36.8 Å². The molecule has 0 spiro atoms. The molecule has 10 atom stereocenters. The number of aliphatic carboxylic acids is 1. The standard InChI is InChI=1S/C33H59NO2Si.2C26H56O3Si.C18H29NO3Si.C13H17NO4.C4H9NO3/c1-7-8-9-10-11-12-13-14-15-16-17-18-19-23-26-31(27-28-36-37(5,6)33(2,3)4)34-29-32(35)30-24-21-20-22-25-30;2*1-8-9-10-11-12-13-14-15-16-17-18-19-20-24(27)25(28)23(2)21-22-29-30(6,7)26(3,4)5;1-18(2,3)23(4,5)22-12-11-16(14-20)19-13-17(21)15-9-7-6-8-10-15;1-18-13(17)11(7-8-15)14-9-12(16)10-5-3-2-4-6-10;5-3(1-2-6)4(7)8/h20-26,31,34H,7-19,27-29H2,1-6H3;2*23-25,27-28H,8-22H2,1-7H3;6-10,14,16,19H,11-13H2,1-5H3;2-6,11,14-15H,7-9H2,1H3;3,6H,1-2,5H2,(H,7,8)/b26-23+;;;;;/t31-;23-,24+,25+;23-,24-,25-;16-;11-;3-/m100110/s1. The van der Waals surface area contributed by atoms with Gasteiger partial charge in [-0.05, 0) is 149 Å². The predicted molar refractivity (Wildman–Crippen MR) is 624 cm³/mol. The van der Waals surface area contributed by atoms with Crippen LogP contribution in [0.5, 0.6) is 0 Å². The monoisotopic (exact) mass is 2120 g/mol. The quantitative estimate of drug-likeness (QED) is 0.00624. The van der Waals surface area contributed by atoms with Gasteiger partial charge in [0, 0.05) is 62.4 Å². The van der Waals surface area contributed by atoms with Crippen LogP contribution in [0.1, 0.15) is 438 Å². The molecule has 0 bridgehead atoms. The van der Waals surface area contributed by atoms with Gasteiger partial charge in [-0.15, -0.1) is 0 Å². The first-order valence-corrected chi connectivity index (χ1v) is 69.0. The molecule has 0 aliphatic heterocycles. The van der Waals surface area contributed by atoms with Crippen molar-refractivity contribution in [3.63, 3.8) is 0 Å². The molecule has 146 heavy (non-hydrogen) atoms. The number of aliphatic hydroxyl groups excluding tert-OH is 6. The van der Waals surface area contributed by atoms with E-state index < -0.39 is 81.7 Å². The summed E-state index contributed by atoms with van der Waals surface area (Å²) in [6.07, 6.45) is 57.2. The summed E-state index contributed by atoms with van der Waals surface area (Å²) in [5, 5.41) is 76.8. The lowest BCUT2D eigenvalue weighted by Gasteiger charge is -2.36. The molecule has 0 heterocycles.